The first-order chi connectivity index (χ1) is 13.5. The molecule has 1 aromatic heterocycles. The first kappa shape index (κ1) is 21.8. The summed E-state index contributed by atoms with van der Waals surface area (Å²) < 4.78 is 7.42. The van der Waals surface area contributed by atoms with E-state index >= 15 is 0 Å². The number of nitrogens with zero attached hydrogens (tertiary/aromatic N) is 3. The van der Waals surface area contributed by atoms with Crippen LogP contribution in [0.15, 0.2) is 23.2 Å². The molecule has 6 heteroatoms. The van der Waals surface area contributed by atoms with E-state index in [0.29, 0.717) is 6.54 Å². The van der Waals surface area contributed by atoms with Gasteiger partial charge in [-0.3, -0.25) is 4.68 Å². The quantitative estimate of drug-likeness (QED) is 0.514. The monoisotopic (exact) mass is 385 g/mol. The van der Waals surface area contributed by atoms with Crippen molar-refractivity contribution in [2.75, 3.05) is 20.2 Å². The third kappa shape index (κ3) is 5.50. The third-order valence-electron chi connectivity index (χ3n) is 4.95. The van der Waals surface area contributed by atoms with Crippen LogP contribution in [0.1, 0.15) is 48.8 Å². The van der Waals surface area contributed by atoms with Crippen LogP contribution >= 0.6 is 0 Å². The van der Waals surface area contributed by atoms with Gasteiger partial charge < -0.3 is 15.4 Å². The van der Waals surface area contributed by atoms with Gasteiger partial charge in [-0.1, -0.05) is 26.0 Å². The van der Waals surface area contributed by atoms with Gasteiger partial charge in [0.1, 0.15) is 5.75 Å². The molecule has 0 spiro atoms. The van der Waals surface area contributed by atoms with Gasteiger partial charge in [0, 0.05) is 31.4 Å². The number of aryl methyl sites for hydroxylation is 3. The lowest BCUT2D eigenvalue weighted by atomic mass is 10.1. The topological polar surface area (TPSA) is 63.5 Å². The Labute approximate surface area is 169 Å². The number of guanidine groups is 1. The lowest BCUT2D eigenvalue weighted by molar-refractivity contribution is 0.411. The van der Waals surface area contributed by atoms with Crippen molar-refractivity contribution in [1.82, 2.24) is 20.4 Å². The summed E-state index contributed by atoms with van der Waals surface area (Å²) in [6.07, 6.45) is 2.81. The number of aromatic nitrogens is 2. The molecule has 2 rings (SSSR count). The van der Waals surface area contributed by atoms with E-state index in [2.05, 4.69) is 61.6 Å². The summed E-state index contributed by atoms with van der Waals surface area (Å²) in [6.45, 7) is 10.8. The summed E-state index contributed by atoms with van der Waals surface area (Å²) in [5, 5.41) is 11.4. The van der Waals surface area contributed by atoms with Crippen LogP contribution < -0.4 is 15.4 Å². The lowest BCUT2D eigenvalue weighted by Crippen LogP contribution is -2.38. The molecular weight excluding hydrogens is 350 g/mol. The number of hydrogen-bond donors (Lipinski definition) is 2. The van der Waals surface area contributed by atoms with Gasteiger partial charge in [0.2, 0.25) is 0 Å². The first-order valence-electron chi connectivity index (χ1n) is 10.2. The van der Waals surface area contributed by atoms with Crippen molar-refractivity contribution in [3.05, 3.63) is 46.3 Å². The highest BCUT2D eigenvalue weighted by Crippen LogP contribution is 2.19. The molecule has 2 aromatic rings. The van der Waals surface area contributed by atoms with Crippen LogP contribution in [-0.4, -0.2) is 35.9 Å². The van der Waals surface area contributed by atoms with Gasteiger partial charge in [0.25, 0.3) is 0 Å². The van der Waals surface area contributed by atoms with E-state index in [9.17, 15) is 0 Å². The molecule has 2 N–H and O–H groups in total. The van der Waals surface area contributed by atoms with Crippen molar-refractivity contribution in [2.45, 2.75) is 53.5 Å². The Hall–Kier alpha value is -2.50. The SMILES string of the molecule is CCNC(=NCc1c(CC)nn(C)c1CC)NCCc1ccc(C)c(OC)c1. The summed E-state index contributed by atoms with van der Waals surface area (Å²) in [6, 6.07) is 6.37. The van der Waals surface area contributed by atoms with Crippen LogP contribution in [0.3, 0.4) is 0 Å². The van der Waals surface area contributed by atoms with Crippen LogP contribution in [-0.2, 0) is 32.9 Å². The van der Waals surface area contributed by atoms with Crippen LogP contribution in [0.5, 0.6) is 5.75 Å². The Morgan fingerprint density at radius 3 is 2.61 bits per heavy atom. The third-order valence-corrected chi connectivity index (χ3v) is 4.95. The molecule has 0 amide bonds. The van der Waals surface area contributed by atoms with Crippen molar-refractivity contribution in [1.29, 1.82) is 0 Å². The van der Waals surface area contributed by atoms with Gasteiger partial charge >= 0.3 is 0 Å². The zero-order chi connectivity index (χ0) is 20.5. The summed E-state index contributed by atoms with van der Waals surface area (Å²) in [5.74, 6) is 1.78. The number of benzene rings is 1. The van der Waals surface area contributed by atoms with Gasteiger partial charge in [-0.2, -0.15) is 5.10 Å². The number of ether oxygens (including phenoxy) is 1. The predicted molar refractivity (Wildman–Crippen MR) is 116 cm³/mol. The number of nitrogens with one attached hydrogen (secondary N) is 2. The maximum Gasteiger partial charge on any atom is 0.191 e. The molecule has 1 aromatic carbocycles. The van der Waals surface area contributed by atoms with E-state index in [-0.39, 0.29) is 0 Å². The predicted octanol–water partition coefficient (Wildman–Crippen LogP) is 3.16. The molecule has 0 atom stereocenters. The number of rotatable bonds is 9. The van der Waals surface area contributed by atoms with E-state index in [0.717, 1.165) is 55.3 Å². The molecule has 6 nitrogen and oxygen atoms in total. The van der Waals surface area contributed by atoms with Gasteiger partial charge in [-0.15, -0.1) is 0 Å². The first-order valence-corrected chi connectivity index (χ1v) is 10.2. The largest absolute Gasteiger partial charge is 0.496 e. The standard InChI is InChI=1S/C22H35N5O/c1-7-19-18(20(8-2)27(5)26-19)15-25-22(23-9-3)24-13-12-17-11-10-16(4)21(14-17)28-6/h10-11,14H,7-9,12-13,15H2,1-6H3,(H2,23,24,25). The lowest BCUT2D eigenvalue weighted by Gasteiger charge is -2.12. The molecule has 0 bridgehead atoms. The fraction of sp³-hybridized carbons (Fsp3) is 0.545. The van der Waals surface area contributed by atoms with Gasteiger partial charge in [0.15, 0.2) is 5.96 Å². The van der Waals surface area contributed by atoms with Crippen molar-refractivity contribution in [2.24, 2.45) is 12.0 Å². The zero-order valence-corrected chi connectivity index (χ0v) is 18.2. The Balaban J connectivity index is 2.03. The van der Waals surface area contributed by atoms with Crippen LogP contribution in [0.25, 0.3) is 0 Å². The van der Waals surface area contributed by atoms with E-state index < -0.39 is 0 Å². The van der Waals surface area contributed by atoms with Gasteiger partial charge in [-0.25, -0.2) is 4.99 Å². The van der Waals surface area contributed by atoms with E-state index in [1.165, 1.54) is 16.8 Å². The van der Waals surface area contributed by atoms with E-state index in [1.807, 2.05) is 11.7 Å². The summed E-state index contributed by atoms with van der Waals surface area (Å²) in [4.78, 5) is 4.81. The Kier molecular flexibility index (Phi) is 8.36. The van der Waals surface area contributed by atoms with Crippen molar-refractivity contribution < 1.29 is 4.74 Å². The average molecular weight is 386 g/mol. The maximum absolute atomic E-state index is 5.42. The Morgan fingerprint density at radius 2 is 1.96 bits per heavy atom. The van der Waals surface area contributed by atoms with Gasteiger partial charge in [0.05, 0.1) is 19.3 Å². The molecule has 28 heavy (non-hydrogen) atoms. The van der Waals surface area contributed by atoms with Crippen molar-refractivity contribution in [3.63, 3.8) is 0 Å². The molecule has 0 aliphatic carbocycles. The fourth-order valence-electron chi connectivity index (χ4n) is 3.42. The van der Waals surface area contributed by atoms with Crippen LogP contribution in [0, 0.1) is 6.92 Å². The molecule has 0 fully saturated rings. The van der Waals surface area contributed by atoms with E-state index in [4.69, 9.17) is 9.73 Å². The minimum atomic E-state index is 0.647. The molecule has 154 valence electrons. The molecule has 0 unspecified atom stereocenters. The second-order valence-electron chi connectivity index (χ2n) is 6.88. The smallest absolute Gasteiger partial charge is 0.191 e. The molecule has 0 aliphatic rings. The van der Waals surface area contributed by atoms with Crippen molar-refractivity contribution >= 4 is 5.96 Å². The molecule has 1 heterocycles. The number of methoxy groups -OCH3 is 1. The minimum absolute atomic E-state index is 0.647. The molecule has 0 saturated carbocycles. The Bertz CT molecular complexity index is 794. The zero-order valence-electron chi connectivity index (χ0n) is 18.2. The highest BCUT2D eigenvalue weighted by atomic mass is 16.5. The van der Waals surface area contributed by atoms with Crippen LogP contribution in [0.2, 0.25) is 0 Å². The highest BCUT2D eigenvalue weighted by molar-refractivity contribution is 5.79. The molecular formula is C22H35N5O. The second-order valence-corrected chi connectivity index (χ2v) is 6.88. The maximum atomic E-state index is 5.42. The highest BCUT2D eigenvalue weighted by Gasteiger charge is 2.13. The second kappa shape index (κ2) is 10.7. The van der Waals surface area contributed by atoms with Gasteiger partial charge in [-0.05, 0) is 50.3 Å². The molecule has 0 radical (unpaired) electrons. The summed E-state index contributed by atoms with van der Waals surface area (Å²) in [7, 11) is 3.73. The molecule has 0 aliphatic heterocycles. The summed E-state index contributed by atoms with van der Waals surface area (Å²) >= 11 is 0. The molecule has 0 saturated heterocycles. The summed E-state index contributed by atoms with van der Waals surface area (Å²) in [5.41, 5.74) is 6.07. The van der Waals surface area contributed by atoms with Crippen LogP contribution in [0.4, 0.5) is 0 Å². The number of hydrogen-bond acceptors (Lipinski definition) is 3. The van der Waals surface area contributed by atoms with E-state index in [1.54, 1.807) is 7.11 Å². The minimum Gasteiger partial charge on any atom is -0.496 e. The Morgan fingerprint density at radius 1 is 1.18 bits per heavy atom. The average Bonchev–Trinajstić information content (AvgIpc) is 3.01. The normalized spacial score (nSPS) is 11.6. The number of aliphatic imine (C=N–C) groups is 1. The van der Waals surface area contributed by atoms with Crippen molar-refractivity contribution in [3.8, 4) is 5.75 Å². The fourth-order valence-corrected chi connectivity index (χ4v) is 3.42.